The van der Waals surface area contributed by atoms with E-state index in [9.17, 15) is 8.42 Å². The molecule has 1 aromatic heterocycles. The van der Waals surface area contributed by atoms with Crippen LogP contribution in [-0.2, 0) is 16.6 Å². The Labute approximate surface area is 165 Å². The van der Waals surface area contributed by atoms with E-state index < -0.39 is 10.0 Å². The lowest BCUT2D eigenvalue weighted by Gasteiger charge is -2.16. The zero-order valence-corrected chi connectivity index (χ0v) is 17.3. The molecule has 1 fully saturated rings. The third-order valence-corrected chi connectivity index (χ3v) is 6.38. The van der Waals surface area contributed by atoms with Crippen LogP contribution >= 0.6 is 0 Å². The first-order valence-electron chi connectivity index (χ1n) is 9.03. The van der Waals surface area contributed by atoms with Crippen molar-refractivity contribution in [3.8, 4) is 11.8 Å². The maximum absolute atomic E-state index is 12.8. The van der Waals surface area contributed by atoms with Crippen molar-refractivity contribution in [3.05, 3.63) is 29.1 Å². The Morgan fingerprint density at radius 2 is 1.75 bits per heavy atom. The fraction of sp³-hybridized carbons (Fsp3) is 0.500. The molecule has 28 heavy (non-hydrogen) atoms. The van der Waals surface area contributed by atoms with Gasteiger partial charge in [-0.1, -0.05) is 0 Å². The summed E-state index contributed by atoms with van der Waals surface area (Å²) < 4.78 is 38.6. The molecule has 1 N–H and O–H groups in total. The van der Waals surface area contributed by atoms with Crippen LogP contribution in [0.4, 0.5) is 5.95 Å². The van der Waals surface area contributed by atoms with E-state index in [0.29, 0.717) is 23.1 Å². The van der Waals surface area contributed by atoms with Crippen LogP contribution in [-0.4, -0.2) is 50.7 Å². The molecule has 1 aliphatic heterocycles. The fourth-order valence-electron chi connectivity index (χ4n) is 3.14. The predicted octanol–water partition coefficient (Wildman–Crippen LogP) is 1.58. The van der Waals surface area contributed by atoms with E-state index in [1.54, 1.807) is 20.1 Å². The van der Waals surface area contributed by atoms with Gasteiger partial charge in [0.15, 0.2) is 5.82 Å². The number of benzene rings is 1. The average molecular weight is 407 g/mol. The number of methoxy groups -OCH3 is 2. The van der Waals surface area contributed by atoms with Gasteiger partial charge in [-0.05, 0) is 49.9 Å². The summed E-state index contributed by atoms with van der Waals surface area (Å²) in [6, 6.07) is 3.35. The van der Waals surface area contributed by atoms with Crippen molar-refractivity contribution >= 4 is 16.0 Å². The van der Waals surface area contributed by atoms with Gasteiger partial charge >= 0.3 is 6.01 Å². The normalized spacial score (nSPS) is 14.4. The second kappa shape index (κ2) is 8.27. The molecule has 2 aromatic rings. The van der Waals surface area contributed by atoms with Crippen LogP contribution in [0.2, 0.25) is 0 Å². The Morgan fingerprint density at radius 1 is 1.04 bits per heavy atom. The standard InChI is InChI=1S/C18H25N5O4S/c1-12-13(2)15(8-7-14(12)26-3)28(24,25)19-11-16-20-17(22-18(21-16)27-4)23-9-5-6-10-23/h7-8,19H,5-6,9-11H2,1-4H3. The van der Waals surface area contributed by atoms with E-state index >= 15 is 0 Å². The SMILES string of the molecule is COc1nc(CNS(=O)(=O)c2ccc(OC)c(C)c2C)nc(N2CCCC2)n1. The van der Waals surface area contributed by atoms with Gasteiger partial charge in [0.2, 0.25) is 16.0 Å². The lowest BCUT2D eigenvalue weighted by molar-refractivity contribution is 0.375. The smallest absolute Gasteiger partial charge is 0.321 e. The molecule has 0 radical (unpaired) electrons. The van der Waals surface area contributed by atoms with Gasteiger partial charge < -0.3 is 14.4 Å². The highest BCUT2D eigenvalue weighted by Gasteiger charge is 2.21. The quantitative estimate of drug-likeness (QED) is 0.737. The summed E-state index contributed by atoms with van der Waals surface area (Å²) in [6.07, 6.45) is 2.15. The molecule has 1 aromatic carbocycles. The molecule has 2 heterocycles. The molecule has 0 atom stereocenters. The number of hydrogen-bond acceptors (Lipinski definition) is 8. The molecular formula is C18H25N5O4S. The molecule has 0 amide bonds. The maximum atomic E-state index is 12.8. The minimum absolute atomic E-state index is 0.0629. The zero-order chi connectivity index (χ0) is 20.3. The van der Waals surface area contributed by atoms with Crippen molar-refractivity contribution < 1.29 is 17.9 Å². The third-order valence-electron chi connectivity index (χ3n) is 4.84. The van der Waals surface area contributed by atoms with Crippen LogP contribution in [0, 0.1) is 13.8 Å². The monoisotopic (exact) mass is 407 g/mol. The van der Waals surface area contributed by atoms with E-state index in [0.717, 1.165) is 31.5 Å². The molecule has 10 heteroatoms. The van der Waals surface area contributed by atoms with E-state index in [4.69, 9.17) is 9.47 Å². The minimum Gasteiger partial charge on any atom is -0.496 e. The van der Waals surface area contributed by atoms with Crippen molar-refractivity contribution in [2.75, 3.05) is 32.2 Å². The number of anilines is 1. The molecule has 152 valence electrons. The molecule has 0 bridgehead atoms. The Hall–Kier alpha value is -2.46. The number of rotatable bonds is 7. The van der Waals surface area contributed by atoms with Crippen molar-refractivity contribution in [2.24, 2.45) is 0 Å². The number of sulfonamides is 1. The van der Waals surface area contributed by atoms with Gasteiger partial charge in [-0.3, -0.25) is 0 Å². The largest absolute Gasteiger partial charge is 0.496 e. The average Bonchev–Trinajstić information content (AvgIpc) is 3.23. The number of nitrogens with zero attached hydrogens (tertiary/aromatic N) is 4. The summed E-state index contributed by atoms with van der Waals surface area (Å²) in [5.41, 5.74) is 1.42. The minimum atomic E-state index is -3.75. The zero-order valence-electron chi connectivity index (χ0n) is 16.5. The van der Waals surface area contributed by atoms with Gasteiger partial charge in [0.1, 0.15) is 5.75 Å². The van der Waals surface area contributed by atoms with E-state index in [-0.39, 0.29) is 17.5 Å². The first kappa shape index (κ1) is 20.3. The Morgan fingerprint density at radius 3 is 2.39 bits per heavy atom. The Bertz CT molecular complexity index is 959. The van der Waals surface area contributed by atoms with E-state index in [2.05, 4.69) is 19.7 Å². The highest BCUT2D eigenvalue weighted by Crippen LogP contribution is 2.27. The van der Waals surface area contributed by atoms with Gasteiger partial charge in [-0.15, -0.1) is 0 Å². The summed E-state index contributed by atoms with van der Waals surface area (Å²) in [5.74, 6) is 1.46. The summed E-state index contributed by atoms with van der Waals surface area (Å²) in [5, 5.41) is 0. The van der Waals surface area contributed by atoms with E-state index in [1.165, 1.54) is 13.2 Å². The fourth-order valence-corrected chi connectivity index (χ4v) is 4.41. The highest BCUT2D eigenvalue weighted by atomic mass is 32.2. The number of aromatic nitrogens is 3. The van der Waals surface area contributed by atoms with Crippen LogP contribution in [0.15, 0.2) is 17.0 Å². The van der Waals surface area contributed by atoms with Gasteiger partial charge in [-0.25, -0.2) is 13.1 Å². The summed E-state index contributed by atoms with van der Waals surface area (Å²) >= 11 is 0. The van der Waals surface area contributed by atoms with Crippen LogP contribution in [0.1, 0.15) is 29.8 Å². The molecular weight excluding hydrogens is 382 g/mol. The molecule has 0 aliphatic carbocycles. The molecule has 3 rings (SSSR count). The van der Waals surface area contributed by atoms with Crippen LogP contribution in [0.3, 0.4) is 0 Å². The van der Waals surface area contributed by atoms with Gasteiger partial charge in [-0.2, -0.15) is 15.0 Å². The molecule has 1 aliphatic rings. The summed E-state index contributed by atoms with van der Waals surface area (Å²) in [7, 11) is -0.720. The number of ether oxygens (including phenoxy) is 2. The Kier molecular flexibility index (Phi) is 5.99. The lowest BCUT2D eigenvalue weighted by atomic mass is 10.1. The summed E-state index contributed by atoms with van der Waals surface area (Å²) in [6.45, 7) is 5.24. The van der Waals surface area contributed by atoms with Crippen molar-refractivity contribution in [1.82, 2.24) is 19.7 Å². The molecule has 0 saturated carbocycles. The Balaban J connectivity index is 1.83. The van der Waals surface area contributed by atoms with Crippen LogP contribution in [0.25, 0.3) is 0 Å². The second-order valence-electron chi connectivity index (χ2n) is 6.57. The molecule has 0 unspecified atom stereocenters. The second-order valence-corrected chi connectivity index (χ2v) is 8.31. The van der Waals surface area contributed by atoms with Crippen molar-refractivity contribution in [2.45, 2.75) is 38.1 Å². The van der Waals surface area contributed by atoms with Crippen molar-refractivity contribution in [3.63, 3.8) is 0 Å². The molecule has 9 nitrogen and oxygen atoms in total. The van der Waals surface area contributed by atoms with E-state index in [1.807, 2.05) is 11.8 Å². The first-order chi connectivity index (χ1) is 13.4. The van der Waals surface area contributed by atoms with Crippen LogP contribution in [0.5, 0.6) is 11.8 Å². The van der Waals surface area contributed by atoms with Gasteiger partial charge in [0.25, 0.3) is 0 Å². The predicted molar refractivity (Wildman–Crippen MR) is 104 cm³/mol. The highest BCUT2D eigenvalue weighted by molar-refractivity contribution is 7.89. The lowest BCUT2D eigenvalue weighted by Crippen LogP contribution is -2.27. The third kappa shape index (κ3) is 4.17. The maximum Gasteiger partial charge on any atom is 0.321 e. The van der Waals surface area contributed by atoms with Gasteiger partial charge in [0, 0.05) is 13.1 Å². The number of nitrogens with one attached hydrogen (secondary N) is 1. The molecule has 0 spiro atoms. The summed E-state index contributed by atoms with van der Waals surface area (Å²) in [4.78, 5) is 15.1. The van der Waals surface area contributed by atoms with Crippen LogP contribution < -0.4 is 19.1 Å². The van der Waals surface area contributed by atoms with Gasteiger partial charge in [0.05, 0.1) is 25.7 Å². The topological polar surface area (TPSA) is 107 Å². The molecule has 1 saturated heterocycles. The van der Waals surface area contributed by atoms with Crippen molar-refractivity contribution in [1.29, 1.82) is 0 Å². The first-order valence-corrected chi connectivity index (χ1v) is 10.5. The number of hydrogen-bond donors (Lipinski definition) is 1.